The minimum Gasteiger partial charge on any atom is -0.508 e. The van der Waals surface area contributed by atoms with Crippen molar-refractivity contribution in [3.05, 3.63) is 29.8 Å². The van der Waals surface area contributed by atoms with E-state index in [0.29, 0.717) is 17.8 Å². The number of benzene rings is 1. The Kier molecular flexibility index (Phi) is 4.87. The quantitative estimate of drug-likeness (QED) is 0.865. The number of hydrogen-bond acceptors (Lipinski definition) is 2. The van der Waals surface area contributed by atoms with Crippen LogP contribution in [0.15, 0.2) is 24.3 Å². The van der Waals surface area contributed by atoms with Crippen LogP contribution < -0.4 is 5.32 Å². The van der Waals surface area contributed by atoms with E-state index in [9.17, 15) is 5.11 Å². The first-order valence-corrected chi connectivity index (χ1v) is 7.60. The van der Waals surface area contributed by atoms with Gasteiger partial charge in [0.25, 0.3) is 0 Å². The molecular formula is C17H27NO. The molecule has 0 radical (unpaired) electrons. The molecule has 0 aliphatic heterocycles. The zero-order valence-electron chi connectivity index (χ0n) is 12.4. The molecule has 4 unspecified atom stereocenters. The van der Waals surface area contributed by atoms with Crippen LogP contribution in [0.2, 0.25) is 0 Å². The van der Waals surface area contributed by atoms with Crippen molar-refractivity contribution in [1.29, 1.82) is 0 Å². The van der Waals surface area contributed by atoms with Crippen molar-refractivity contribution >= 4 is 0 Å². The molecule has 1 aliphatic carbocycles. The predicted octanol–water partition coefficient (Wildman–Crippen LogP) is 3.74. The number of aromatic hydroxyl groups is 1. The number of nitrogens with one attached hydrogen (secondary N) is 1. The van der Waals surface area contributed by atoms with E-state index in [0.717, 1.165) is 18.3 Å². The first-order valence-electron chi connectivity index (χ1n) is 7.60. The van der Waals surface area contributed by atoms with E-state index in [-0.39, 0.29) is 0 Å². The highest BCUT2D eigenvalue weighted by Crippen LogP contribution is 2.29. The highest BCUT2D eigenvalue weighted by Gasteiger charge is 2.27. The summed E-state index contributed by atoms with van der Waals surface area (Å²) < 4.78 is 0. The van der Waals surface area contributed by atoms with Crippen molar-refractivity contribution in [2.75, 3.05) is 0 Å². The fraction of sp³-hybridized carbons (Fsp3) is 0.647. The molecule has 0 heterocycles. The van der Waals surface area contributed by atoms with Crippen molar-refractivity contribution in [3.63, 3.8) is 0 Å². The Bertz CT molecular complexity index is 387. The SMILES string of the molecule is CC(Cc1ccc(O)cc1)NC1CCCC(C)C1C. The lowest BCUT2D eigenvalue weighted by Gasteiger charge is -2.36. The third-order valence-corrected chi connectivity index (χ3v) is 4.68. The molecule has 2 nitrogen and oxygen atoms in total. The molecule has 19 heavy (non-hydrogen) atoms. The second kappa shape index (κ2) is 6.42. The van der Waals surface area contributed by atoms with Gasteiger partial charge in [0.05, 0.1) is 0 Å². The zero-order chi connectivity index (χ0) is 13.8. The Morgan fingerprint density at radius 3 is 2.58 bits per heavy atom. The van der Waals surface area contributed by atoms with Gasteiger partial charge in [-0.2, -0.15) is 0 Å². The minimum atomic E-state index is 0.346. The monoisotopic (exact) mass is 261 g/mol. The molecule has 1 aromatic carbocycles. The van der Waals surface area contributed by atoms with Crippen LogP contribution in [-0.4, -0.2) is 17.2 Å². The van der Waals surface area contributed by atoms with Crippen molar-refractivity contribution < 1.29 is 5.11 Å². The molecule has 4 atom stereocenters. The summed E-state index contributed by atoms with van der Waals surface area (Å²) in [5.41, 5.74) is 1.29. The molecule has 0 amide bonds. The number of rotatable bonds is 4. The smallest absolute Gasteiger partial charge is 0.115 e. The van der Waals surface area contributed by atoms with E-state index < -0.39 is 0 Å². The molecule has 1 fully saturated rings. The van der Waals surface area contributed by atoms with Crippen molar-refractivity contribution in [1.82, 2.24) is 5.32 Å². The lowest BCUT2D eigenvalue weighted by molar-refractivity contribution is 0.196. The summed E-state index contributed by atoms with van der Waals surface area (Å²) in [5.74, 6) is 1.96. The molecule has 0 spiro atoms. The average Bonchev–Trinajstić information content (AvgIpc) is 2.38. The van der Waals surface area contributed by atoms with Gasteiger partial charge in [-0.25, -0.2) is 0 Å². The molecule has 106 valence electrons. The van der Waals surface area contributed by atoms with Gasteiger partial charge in [0.1, 0.15) is 5.75 Å². The van der Waals surface area contributed by atoms with Gasteiger partial charge in [-0.15, -0.1) is 0 Å². The Balaban J connectivity index is 1.86. The maximum atomic E-state index is 9.30. The molecular weight excluding hydrogens is 234 g/mol. The zero-order valence-corrected chi connectivity index (χ0v) is 12.4. The topological polar surface area (TPSA) is 32.3 Å². The predicted molar refractivity (Wildman–Crippen MR) is 80.4 cm³/mol. The first kappa shape index (κ1) is 14.4. The fourth-order valence-electron chi connectivity index (χ4n) is 3.23. The van der Waals surface area contributed by atoms with Gasteiger partial charge in [0, 0.05) is 12.1 Å². The summed E-state index contributed by atoms with van der Waals surface area (Å²) in [7, 11) is 0. The van der Waals surface area contributed by atoms with Crippen molar-refractivity contribution in [3.8, 4) is 5.75 Å². The van der Waals surface area contributed by atoms with Crippen LogP contribution in [0, 0.1) is 11.8 Å². The summed E-state index contributed by atoms with van der Waals surface area (Å²) in [6, 6.07) is 8.72. The molecule has 1 saturated carbocycles. The fourth-order valence-corrected chi connectivity index (χ4v) is 3.23. The molecule has 2 heteroatoms. The normalized spacial score (nSPS) is 29.1. The molecule has 2 rings (SSSR count). The van der Waals surface area contributed by atoms with E-state index in [1.807, 2.05) is 12.1 Å². The molecule has 2 N–H and O–H groups in total. The summed E-state index contributed by atoms with van der Waals surface area (Å²) in [6.07, 6.45) is 5.07. The summed E-state index contributed by atoms with van der Waals surface area (Å²) in [5, 5.41) is 13.1. The Hall–Kier alpha value is -1.02. The molecule has 0 bridgehead atoms. The van der Waals surface area contributed by atoms with Crippen molar-refractivity contribution in [2.24, 2.45) is 11.8 Å². The molecule has 1 aromatic rings. The van der Waals surface area contributed by atoms with Crippen LogP contribution in [0.1, 0.15) is 45.6 Å². The second-order valence-electron chi connectivity index (χ2n) is 6.31. The Morgan fingerprint density at radius 2 is 1.89 bits per heavy atom. The van der Waals surface area contributed by atoms with Crippen LogP contribution in [0.3, 0.4) is 0 Å². The van der Waals surface area contributed by atoms with Gasteiger partial charge in [-0.1, -0.05) is 38.8 Å². The third-order valence-electron chi connectivity index (χ3n) is 4.68. The third kappa shape index (κ3) is 3.97. The second-order valence-corrected chi connectivity index (χ2v) is 6.31. The summed E-state index contributed by atoms with van der Waals surface area (Å²) >= 11 is 0. The van der Waals surface area contributed by atoms with Crippen LogP contribution in [0.25, 0.3) is 0 Å². The van der Waals surface area contributed by atoms with E-state index in [4.69, 9.17) is 0 Å². The Morgan fingerprint density at radius 1 is 1.21 bits per heavy atom. The highest BCUT2D eigenvalue weighted by molar-refractivity contribution is 5.26. The van der Waals surface area contributed by atoms with Crippen LogP contribution in [-0.2, 0) is 6.42 Å². The largest absolute Gasteiger partial charge is 0.508 e. The van der Waals surface area contributed by atoms with E-state index >= 15 is 0 Å². The van der Waals surface area contributed by atoms with Gasteiger partial charge >= 0.3 is 0 Å². The van der Waals surface area contributed by atoms with Gasteiger partial charge < -0.3 is 10.4 Å². The number of hydrogen-bond donors (Lipinski definition) is 2. The van der Waals surface area contributed by atoms with E-state index in [2.05, 4.69) is 26.1 Å². The van der Waals surface area contributed by atoms with Gasteiger partial charge in [0.2, 0.25) is 0 Å². The van der Waals surface area contributed by atoms with Crippen LogP contribution in [0.4, 0.5) is 0 Å². The summed E-state index contributed by atoms with van der Waals surface area (Å²) in [4.78, 5) is 0. The van der Waals surface area contributed by atoms with Crippen molar-refractivity contribution in [2.45, 2.75) is 58.5 Å². The Labute approximate surface area is 117 Å². The van der Waals surface area contributed by atoms with Crippen LogP contribution in [0.5, 0.6) is 5.75 Å². The maximum Gasteiger partial charge on any atom is 0.115 e. The van der Waals surface area contributed by atoms with E-state index in [1.165, 1.54) is 24.8 Å². The lowest BCUT2D eigenvalue weighted by Crippen LogP contribution is -2.45. The average molecular weight is 261 g/mol. The minimum absolute atomic E-state index is 0.346. The van der Waals surface area contributed by atoms with Gasteiger partial charge in [-0.3, -0.25) is 0 Å². The number of phenolic OH excluding ortho intramolecular Hbond substituents is 1. The van der Waals surface area contributed by atoms with Gasteiger partial charge in [-0.05, 0) is 49.3 Å². The van der Waals surface area contributed by atoms with Gasteiger partial charge in [0.15, 0.2) is 0 Å². The van der Waals surface area contributed by atoms with E-state index in [1.54, 1.807) is 12.1 Å². The first-order chi connectivity index (χ1) is 9.06. The maximum absolute atomic E-state index is 9.30. The molecule has 0 saturated heterocycles. The number of phenols is 1. The highest BCUT2D eigenvalue weighted by atomic mass is 16.3. The molecule has 1 aliphatic rings. The molecule has 0 aromatic heterocycles. The summed E-state index contributed by atoms with van der Waals surface area (Å²) in [6.45, 7) is 7.02. The lowest BCUT2D eigenvalue weighted by atomic mass is 9.77. The standard InChI is InChI=1S/C17H27NO/c1-12-5-4-6-17(14(12)3)18-13(2)11-15-7-9-16(19)10-8-15/h7-10,12-14,17-19H,4-6,11H2,1-3H3. The van der Waals surface area contributed by atoms with Crippen LogP contribution >= 0.6 is 0 Å².